The fourth-order valence-corrected chi connectivity index (χ4v) is 2.97. The number of anilines is 2. The lowest BCUT2D eigenvalue weighted by Crippen LogP contribution is -2.30. The summed E-state index contributed by atoms with van der Waals surface area (Å²) in [4.78, 5) is 37.5. The molecule has 134 valence electrons. The van der Waals surface area contributed by atoms with E-state index in [-0.39, 0.29) is 23.7 Å². The molecule has 2 aromatic rings. The number of rotatable bonds is 5. The Morgan fingerprint density at radius 3 is 2.46 bits per heavy atom. The average molecular weight is 354 g/mol. The van der Waals surface area contributed by atoms with E-state index in [9.17, 15) is 19.5 Å². The highest BCUT2D eigenvalue weighted by Crippen LogP contribution is 2.41. The van der Waals surface area contributed by atoms with Crippen LogP contribution in [-0.2, 0) is 14.4 Å². The van der Waals surface area contributed by atoms with Crippen molar-refractivity contribution in [1.82, 2.24) is 0 Å². The van der Waals surface area contributed by atoms with Gasteiger partial charge in [-0.05, 0) is 36.4 Å². The van der Waals surface area contributed by atoms with Crippen LogP contribution in [0.4, 0.5) is 11.4 Å². The molecule has 26 heavy (non-hydrogen) atoms. The number of ketones is 1. The van der Waals surface area contributed by atoms with Gasteiger partial charge in [-0.2, -0.15) is 0 Å². The highest BCUT2D eigenvalue weighted by atomic mass is 16.3. The first-order chi connectivity index (χ1) is 12.4. The number of carbonyl (C=O) groups excluding carboxylic acids is 3. The molecule has 1 atom stereocenters. The Balaban J connectivity index is 2.04. The van der Waals surface area contributed by atoms with Gasteiger partial charge in [0.2, 0.25) is 5.91 Å². The van der Waals surface area contributed by atoms with Gasteiger partial charge in [-0.3, -0.25) is 19.3 Å². The molecule has 0 fully saturated rings. The van der Waals surface area contributed by atoms with E-state index in [1.807, 2.05) is 0 Å². The van der Waals surface area contributed by atoms with Crippen molar-refractivity contribution in [3.63, 3.8) is 0 Å². The molecule has 0 saturated heterocycles. The van der Waals surface area contributed by atoms with Crippen LogP contribution < -0.4 is 10.2 Å². The summed E-state index contributed by atoms with van der Waals surface area (Å²) in [5, 5.41) is 12.9. The molecule has 0 radical (unpaired) electrons. The first kappa shape index (κ1) is 17.5. The summed E-state index contributed by atoms with van der Waals surface area (Å²) in [6.45, 7) is 3.06. The Kier molecular flexibility index (Phi) is 4.62. The van der Waals surface area contributed by atoms with Crippen LogP contribution >= 0.6 is 0 Å². The maximum absolute atomic E-state index is 12.7. The van der Waals surface area contributed by atoms with Crippen LogP contribution in [0.1, 0.15) is 32.1 Å². The van der Waals surface area contributed by atoms with Crippen molar-refractivity contribution in [2.45, 2.75) is 26.3 Å². The lowest BCUT2D eigenvalue weighted by molar-refractivity contribution is -0.118. The van der Waals surface area contributed by atoms with Gasteiger partial charge in [0.25, 0.3) is 5.91 Å². The number of nitrogens with zero attached hydrogens (tertiary/aromatic N) is 1. The van der Waals surface area contributed by atoms with Gasteiger partial charge in [0, 0.05) is 24.7 Å². The average Bonchev–Trinajstić information content (AvgIpc) is 3.22. The van der Waals surface area contributed by atoms with Crippen molar-refractivity contribution in [3.05, 3.63) is 59.8 Å². The number of aliphatic hydroxyl groups excluding tert-OH is 1. The third-order valence-corrected chi connectivity index (χ3v) is 4.11. The molecule has 1 aromatic heterocycles. The first-order valence-corrected chi connectivity index (χ1v) is 8.15. The molecule has 0 saturated carbocycles. The maximum Gasteiger partial charge on any atom is 0.294 e. The Hall–Kier alpha value is -3.35. The van der Waals surface area contributed by atoms with Crippen LogP contribution in [0.5, 0.6) is 0 Å². The third kappa shape index (κ3) is 2.99. The zero-order valence-corrected chi connectivity index (χ0v) is 14.4. The standard InChI is InChI=1S/C19H18N2O5/c1-3-14(23)16-17(15-5-4-10-26-15)21(19(25)18(16)24)13-8-6-12(7-9-13)20-11(2)22/h4-10,17,24H,3H2,1-2H3,(H,20,22). The lowest BCUT2D eigenvalue weighted by Gasteiger charge is -2.25. The van der Waals surface area contributed by atoms with Crippen LogP contribution in [0.15, 0.2) is 58.4 Å². The lowest BCUT2D eigenvalue weighted by atomic mass is 9.99. The molecule has 1 unspecified atom stereocenters. The number of Topliss-reactive ketones (excluding diaryl/α,β-unsaturated/α-hetero) is 1. The van der Waals surface area contributed by atoms with E-state index in [2.05, 4.69) is 5.32 Å². The molecule has 2 N–H and O–H groups in total. The summed E-state index contributed by atoms with van der Waals surface area (Å²) in [5.41, 5.74) is 1.07. The Morgan fingerprint density at radius 1 is 1.23 bits per heavy atom. The zero-order chi connectivity index (χ0) is 18.8. The van der Waals surface area contributed by atoms with Crippen LogP contribution in [0, 0.1) is 0 Å². The largest absolute Gasteiger partial charge is 0.503 e. The quantitative estimate of drug-likeness (QED) is 0.859. The van der Waals surface area contributed by atoms with Crippen molar-refractivity contribution in [1.29, 1.82) is 0 Å². The predicted octanol–water partition coefficient (Wildman–Crippen LogP) is 3.12. The van der Waals surface area contributed by atoms with Gasteiger partial charge in [-0.1, -0.05) is 6.92 Å². The number of hydrogen-bond acceptors (Lipinski definition) is 5. The summed E-state index contributed by atoms with van der Waals surface area (Å²) >= 11 is 0. The van der Waals surface area contributed by atoms with E-state index < -0.39 is 17.7 Å². The van der Waals surface area contributed by atoms with E-state index in [0.717, 1.165) is 0 Å². The Morgan fingerprint density at radius 2 is 1.92 bits per heavy atom. The van der Waals surface area contributed by atoms with Crippen molar-refractivity contribution in [3.8, 4) is 0 Å². The molecule has 0 aliphatic carbocycles. The molecule has 1 aliphatic heterocycles. The molecule has 2 amide bonds. The minimum atomic E-state index is -0.837. The van der Waals surface area contributed by atoms with Crippen LogP contribution in [-0.4, -0.2) is 22.7 Å². The van der Waals surface area contributed by atoms with E-state index in [1.54, 1.807) is 43.3 Å². The molecule has 1 aliphatic rings. The molecule has 3 rings (SSSR count). The van der Waals surface area contributed by atoms with Gasteiger partial charge in [0.05, 0.1) is 11.8 Å². The van der Waals surface area contributed by atoms with Crippen molar-refractivity contribution >= 4 is 29.0 Å². The predicted molar refractivity (Wildman–Crippen MR) is 94.6 cm³/mol. The maximum atomic E-state index is 12.7. The Labute approximate surface area is 149 Å². The number of carbonyl (C=O) groups is 3. The summed E-state index contributed by atoms with van der Waals surface area (Å²) in [6.07, 6.45) is 1.60. The fraction of sp³-hybridized carbons (Fsp3) is 0.211. The zero-order valence-electron chi connectivity index (χ0n) is 14.4. The smallest absolute Gasteiger partial charge is 0.294 e. The van der Waals surface area contributed by atoms with Gasteiger partial charge in [0.1, 0.15) is 11.8 Å². The minimum Gasteiger partial charge on any atom is -0.503 e. The highest BCUT2D eigenvalue weighted by molar-refractivity contribution is 6.16. The number of hydrogen-bond donors (Lipinski definition) is 2. The van der Waals surface area contributed by atoms with E-state index in [1.165, 1.54) is 18.1 Å². The Bertz CT molecular complexity index is 881. The van der Waals surface area contributed by atoms with Crippen LogP contribution in [0.2, 0.25) is 0 Å². The number of benzene rings is 1. The SMILES string of the molecule is CCC(=O)C1=C(O)C(=O)N(c2ccc(NC(C)=O)cc2)C1c1ccco1. The fourth-order valence-electron chi connectivity index (χ4n) is 2.97. The number of aliphatic hydroxyl groups is 1. The number of amides is 2. The second kappa shape index (κ2) is 6.87. The van der Waals surface area contributed by atoms with E-state index >= 15 is 0 Å². The van der Waals surface area contributed by atoms with Crippen LogP contribution in [0.3, 0.4) is 0 Å². The van der Waals surface area contributed by atoms with Gasteiger partial charge in [0.15, 0.2) is 11.5 Å². The highest BCUT2D eigenvalue weighted by Gasteiger charge is 2.45. The van der Waals surface area contributed by atoms with Crippen molar-refractivity contribution in [2.75, 3.05) is 10.2 Å². The first-order valence-electron chi connectivity index (χ1n) is 8.15. The molecule has 0 spiro atoms. The number of furan rings is 1. The van der Waals surface area contributed by atoms with Gasteiger partial charge >= 0.3 is 0 Å². The summed E-state index contributed by atoms with van der Waals surface area (Å²) in [7, 11) is 0. The van der Waals surface area contributed by atoms with Crippen LogP contribution in [0.25, 0.3) is 0 Å². The van der Waals surface area contributed by atoms with E-state index in [0.29, 0.717) is 17.1 Å². The van der Waals surface area contributed by atoms with Crippen molar-refractivity contribution < 1.29 is 23.9 Å². The van der Waals surface area contributed by atoms with Gasteiger partial charge in [-0.25, -0.2) is 0 Å². The summed E-state index contributed by atoms with van der Waals surface area (Å²) < 4.78 is 5.42. The molecule has 2 heterocycles. The molecular weight excluding hydrogens is 336 g/mol. The third-order valence-electron chi connectivity index (χ3n) is 4.11. The van der Waals surface area contributed by atoms with Gasteiger partial charge in [-0.15, -0.1) is 0 Å². The minimum absolute atomic E-state index is 0.0263. The number of nitrogens with one attached hydrogen (secondary N) is 1. The summed E-state index contributed by atoms with van der Waals surface area (Å²) in [5.74, 6) is -1.39. The molecule has 0 bridgehead atoms. The summed E-state index contributed by atoms with van der Waals surface area (Å²) in [6, 6.07) is 9.01. The monoisotopic (exact) mass is 354 g/mol. The normalized spacial score (nSPS) is 16.9. The van der Waals surface area contributed by atoms with Gasteiger partial charge < -0.3 is 14.8 Å². The topological polar surface area (TPSA) is 99.9 Å². The van der Waals surface area contributed by atoms with E-state index in [4.69, 9.17) is 4.42 Å². The second-order valence-corrected chi connectivity index (χ2v) is 5.86. The molecule has 7 nitrogen and oxygen atoms in total. The van der Waals surface area contributed by atoms with Crippen molar-refractivity contribution in [2.24, 2.45) is 0 Å². The second-order valence-electron chi connectivity index (χ2n) is 5.86. The molecular formula is C19H18N2O5. The molecule has 7 heteroatoms. The molecule has 1 aromatic carbocycles.